The van der Waals surface area contributed by atoms with Crippen LogP contribution in [0.2, 0.25) is 0 Å². The Morgan fingerprint density at radius 2 is 2.16 bits per heavy atom. The fourth-order valence-corrected chi connectivity index (χ4v) is 2.92. The number of piperidine rings is 1. The summed E-state index contributed by atoms with van der Waals surface area (Å²) < 4.78 is 8.29. The Morgan fingerprint density at radius 3 is 2.79 bits per heavy atom. The largest absolute Gasteiger partial charge is 0.453 e. The molecule has 6 heteroatoms. The molecule has 0 aliphatic carbocycles. The number of halogens is 1. The summed E-state index contributed by atoms with van der Waals surface area (Å²) in [5.74, 6) is 1.74. The van der Waals surface area contributed by atoms with Crippen LogP contribution >= 0.6 is 15.9 Å². The molecule has 1 aliphatic rings. The lowest BCUT2D eigenvalue weighted by atomic mass is 9.97. The van der Waals surface area contributed by atoms with E-state index in [-0.39, 0.29) is 0 Å². The van der Waals surface area contributed by atoms with Crippen molar-refractivity contribution >= 4 is 15.9 Å². The first-order chi connectivity index (χ1) is 9.29. The molecule has 2 aromatic heterocycles. The lowest BCUT2D eigenvalue weighted by Crippen LogP contribution is -2.34. The predicted octanol–water partition coefficient (Wildman–Crippen LogP) is 2.55. The second-order valence-electron chi connectivity index (χ2n) is 5.04. The minimum atomic E-state index is 0.710. The third kappa shape index (κ3) is 3.45. The van der Waals surface area contributed by atoms with Gasteiger partial charge >= 0.3 is 0 Å². The number of hydrogen-bond donors (Lipinski definition) is 0. The maximum atomic E-state index is 5.55. The van der Waals surface area contributed by atoms with E-state index in [1.54, 1.807) is 12.7 Å². The molecule has 1 fully saturated rings. The van der Waals surface area contributed by atoms with Crippen molar-refractivity contribution in [3.63, 3.8) is 0 Å². The maximum absolute atomic E-state index is 5.55. The molecule has 19 heavy (non-hydrogen) atoms. The van der Waals surface area contributed by atoms with E-state index in [4.69, 9.17) is 4.42 Å². The van der Waals surface area contributed by atoms with E-state index >= 15 is 0 Å². The molecule has 1 saturated heterocycles. The van der Waals surface area contributed by atoms with E-state index in [9.17, 15) is 0 Å². The zero-order valence-electron chi connectivity index (χ0n) is 10.7. The van der Waals surface area contributed by atoms with E-state index in [0.29, 0.717) is 5.92 Å². The van der Waals surface area contributed by atoms with Gasteiger partial charge in [0.05, 0.1) is 6.54 Å². The van der Waals surface area contributed by atoms with E-state index in [2.05, 4.69) is 30.9 Å². The number of furan rings is 1. The molecular formula is C13H17BrN4O. The standard InChI is InChI=1S/C13H17BrN4O/c14-13-2-1-12(19-13)8-17-5-3-11(4-6-17)7-18-10-15-9-16-18/h1-2,9-11H,3-8H2. The zero-order chi connectivity index (χ0) is 13.1. The molecule has 1 aliphatic heterocycles. The van der Waals surface area contributed by atoms with Gasteiger partial charge < -0.3 is 4.42 Å². The van der Waals surface area contributed by atoms with Gasteiger partial charge in [0.15, 0.2) is 4.67 Å². The van der Waals surface area contributed by atoms with Crippen molar-refractivity contribution in [2.45, 2.75) is 25.9 Å². The van der Waals surface area contributed by atoms with Gasteiger partial charge in [0.1, 0.15) is 18.4 Å². The van der Waals surface area contributed by atoms with Crippen molar-refractivity contribution in [2.75, 3.05) is 13.1 Å². The van der Waals surface area contributed by atoms with E-state index in [0.717, 1.165) is 36.6 Å². The normalized spacial score (nSPS) is 17.9. The molecular weight excluding hydrogens is 308 g/mol. The molecule has 0 radical (unpaired) electrons. The first kappa shape index (κ1) is 12.9. The van der Waals surface area contributed by atoms with Gasteiger partial charge in [-0.05, 0) is 59.9 Å². The van der Waals surface area contributed by atoms with E-state index < -0.39 is 0 Å². The molecule has 0 aromatic carbocycles. The van der Waals surface area contributed by atoms with Gasteiger partial charge in [-0.25, -0.2) is 4.98 Å². The summed E-state index contributed by atoms with van der Waals surface area (Å²) in [7, 11) is 0. The summed E-state index contributed by atoms with van der Waals surface area (Å²) >= 11 is 3.34. The number of rotatable bonds is 4. The molecule has 0 amide bonds. The van der Waals surface area contributed by atoms with Crippen LogP contribution in [0.1, 0.15) is 18.6 Å². The highest BCUT2D eigenvalue weighted by molar-refractivity contribution is 9.10. The van der Waals surface area contributed by atoms with Gasteiger partial charge in [0, 0.05) is 6.54 Å². The van der Waals surface area contributed by atoms with Crippen molar-refractivity contribution in [1.29, 1.82) is 0 Å². The second-order valence-corrected chi connectivity index (χ2v) is 5.82. The fraction of sp³-hybridized carbons (Fsp3) is 0.538. The van der Waals surface area contributed by atoms with Crippen molar-refractivity contribution in [3.8, 4) is 0 Å². The highest BCUT2D eigenvalue weighted by Gasteiger charge is 2.20. The van der Waals surface area contributed by atoms with E-state index in [1.807, 2.05) is 16.8 Å². The summed E-state index contributed by atoms with van der Waals surface area (Å²) in [5, 5.41) is 4.17. The first-order valence-electron chi connectivity index (χ1n) is 6.58. The molecule has 2 aromatic rings. The summed E-state index contributed by atoms with van der Waals surface area (Å²) in [6.45, 7) is 4.14. The highest BCUT2D eigenvalue weighted by Crippen LogP contribution is 2.22. The molecule has 5 nitrogen and oxygen atoms in total. The van der Waals surface area contributed by atoms with Crippen molar-refractivity contribution < 1.29 is 4.42 Å². The van der Waals surface area contributed by atoms with Crippen molar-refractivity contribution in [3.05, 3.63) is 35.2 Å². The van der Waals surface area contributed by atoms with Crippen LogP contribution in [-0.4, -0.2) is 32.8 Å². The number of likely N-dealkylation sites (tertiary alicyclic amines) is 1. The average molecular weight is 325 g/mol. The first-order valence-corrected chi connectivity index (χ1v) is 7.38. The SMILES string of the molecule is Brc1ccc(CN2CCC(Cn3cncn3)CC2)o1. The topological polar surface area (TPSA) is 47.1 Å². The summed E-state index contributed by atoms with van der Waals surface area (Å²) in [4.78, 5) is 6.43. The molecule has 3 rings (SSSR count). The summed E-state index contributed by atoms with van der Waals surface area (Å²) in [6, 6.07) is 3.98. The summed E-state index contributed by atoms with van der Waals surface area (Å²) in [5.41, 5.74) is 0. The monoisotopic (exact) mass is 324 g/mol. The fourth-order valence-electron chi connectivity index (χ4n) is 2.58. The van der Waals surface area contributed by atoms with Gasteiger partial charge in [0.2, 0.25) is 0 Å². The smallest absolute Gasteiger partial charge is 0.169 e. The van der Waals surface area contributed by atoms with Crippen LogP contribution in [0, 0.1) is 5.92 Å². The molecule has 3 heterocycles. The van der Waals surface area contributed by atoms with Gasteiger partial charge in [0.25, 0.3) is 0 Å². The molecule has 0 bridgehead atoms. The number of nitrogens with zero attached hydrogens (tertiary/aromatic N) is 4. The van der Waals surface area contributed by atoms with Crippen LogP contribution in [0.4, 0.5) is 0 Å². The molecule has 0 saturated carbocycles. The maximum Gasteiger partial charge on any atom is 0.169 e. The zero-order valence-corrected chi connectivity index (χ0v) is 12.3. The van der Waals surface area contributed by atoms with Gasteiger partial charge in [-0.3, -0.25) is 9.58 Å². The third-order valence-electron chi connectivity index (χ3n) is 3.63. The summed E-state index contributed by atoms with van der Waals surface area (Å²) in [6.07, 6.45) is 5.82. The van der Waals surface area contributed by atoms with Gasteiger partial charge in [-0.2, -0.15) is 5.10 Å². The molecule has 102 valence electrons. The molecule has 0 atom stereocenters. The van der Waals surface area contributed by atoms with Crippen LogP contribution < -0.4 is 0 Å². The van der Waals surface area contributed by atoms with Gasteiger partial charge in [-0.1, -0.05) is 0 Å². The quantitative estimate of drug-likeness (QED) is 0.867. The average Bonchev–Trinajstić information content (AvgIpc) is 3.04. The second kappa shape index (κ2) is 5.88. The Kier molecular flexibility index (Phi) is 3.98. The predicted molar refractivity (Wildman–Crippen MR) is 74.4 cm³/mol. The third-order valence-corrected chi connectivity index (χ3v) is 4.05. The van der Waals surface area contributed by atoms with Crippen LogP contribution in [0.3, 0.4) is 0 Å². The highest BCUT2D eigenvalue weighted by atomic mass is 79.9. The Hall–Kier alpha value is -1.14. The van der Waals surface area contributed by atoms with Crippen LogP contribution in [0.5, 0.6) is 0 Å². The van der Waals surface area contributed by atoms with Crippen molar-refractivity contribution in [1.82, 2.24) is 19.7 Å². The lowest BCUT2D eigenvalue weighted by molar-refractivity contribution is 0.155. The Morgan fingerprint density at radius 1 is 1.32 bits per heavy atom. The van der Waals surface area contributed by atoms with Crippen molar-refractivity contribution in [2.24, 2.45) is 5.92 Å². The molecule has 0 unspecified atom stereocenters. The van der Waals surface area contributed by atoms with Crippen LogP contribution in [0.15, 0.2) is 33.9 Å². The Bertz CT molecular complexity index is 502. The van der Waals surface area contributed by atoms with Crippen LogP contribution in [0.25, 0.3) is 0 Å². The molecule has 0 N–H and O–H groups in total. The minimum absolute atomic E-state index is 0.710. The van der Waals surface area contributed by atoms with Crippen LogP contribution in [-0.2, 0) is 13.1 Å². The lowest BCUT2D eigenvalue weighted by Gasteiger charge is -2.31. The van der Waals surface area contributed by atoms with E-state index in [1.165, 1.54) is 12.8 Å². The Balaban J connectivity index is 1.46. The minimum Gasteiger partial charge on any atom is -0.453 e. The number of hydrogen-bond acceptors (Lipinski definition) is 4. The number of aromatic nitrogens is 3. The molecule has 0 spiro atoms. The Labute approximate surface area is 120 Å². The van der Waals surface area contributed by atoms with Gasteiger partial charge in [-0.15, -0.1) is 0 Å².